The smallest absolute Gasteiger partial charge is 0.269 e. The van der Waals surface area contributed by atoms with E-state index in [1.807, 2.05) is 19.1 Å². The summed E-state index contributed by atoms with van der Waals surface area (Å²) in [6.07, 6.45) is 1.71. The molecule has 0 amide bonds. The zero-order valence-electron chi connectivity index (χ0n) is 13.6. The van der Waals surface area contributed by atoms with Crippen molar-refractivity contribution in [1.82, 2.24) is 19.2 Å². The van der Waals surface area contributed by atoms with Crippen LogP contribution in [-0.4, -0.2) is 19.2 Å². The molecule has 0 aromatic carbocycles. The molecule has 0 aliphatic rings. The maximum atomic E-state index is 12.3. The molecule has 3 heterocycles. The van der Waals surface area contributed by atoms with E-state index in [4.69, 9.17) is 5.26 Å². The number of nitrogens with zero attached hydrogens (tertiary/aromatic N) is 5. The predicted octanol–water partition coefficient (Wildman–Crippen LogP) is 1.10. The monoisotopic (exact) mass is 321 g/mol. The van der Waals surface area contributed by atoms with Crippen LogP contribution >= 0.6 is 0 Å². The average molecular weight is 321 g/mol. The Morgan fingerprint density at radius 2 is 1.96 bits per heavy atom. The summed E-state index contributed by atoms with van der Waals surface area (Å²) in [6, 6.07) is 6.90. The molecule has 0 aliphatic heterocycles. The second kappa shape index (κ2) is 5.74. The number of nitriles is 1. The van der Waals surface area contributed by atoms with E-state index in [2.05, 4.69) is 10.1 Å². The summed E-state index contributed by atoms with van der Waals surface area (Å²) in [7, 11) is 0. The van der Waals surface area contributed by atoms with Gasteiger partial charge in [-0.15, -0.1) is 0 Å². The highest BCUT2D eigenvalue weighted by Crippen LogP contribution is 2.06. The highest BCUT2D eigenvalue weighted by molar-refractivity contribution is 5.40. The molecule has 0 atom stereocenters. The molecule has 7 heteroatoms. The third kappa shape index (κ3) is 2.58. The molecule has 3 aromatic rings. The van der Waals surface area contributed by atoms with Crippen LogP contribution in [0.25, 0.3) is 5.65 Å². The highest BCUT2D eigenvalue weighted by atomic mass is 16.1. The van der Waals surface area contributed by atoms with Gasteiger partial charge in [-0.05, 0) is 38.0 Å². The molecule has 7 nitrogen and oxygen atoms in total. The van der Waals surface area contributed by atoms with Gasteiger partial charge in [0, 0.05) is 12.3 Å². The Morgan fingerprint density at radius 1 is 1.21 bits per heavy atom. The van der Waals surface area contributed by atoms with Crippen molar-refractivity contribution in [3.05, 3.63) is 73.2 Å². The van der Waals surface area contributed by atoms with E-state index in [0.717, 1.165) is 5.56 Å². The Bertz CT molecular complexity index is 1120. The van der Waals surface area contributed by atoms with Crippen molar-refractivity contribution in [2.24, 2.45) is 0 Å². The Hall–Kier alpha value is -3.27. The maximum absolute atomic E-state index is 12.3. The Morgan fingerprint density at radius 3 is 2.67 bits per heavy atom. The standard InChI is InChI=1S/C17H15N5O2/c1-10-4-5-15-19-13(6-16(23)21(15)8-10)9-22-17(24)14(7-18)11(2)12(3)20-22/h4-6,8H,9H2,1-3H3. The number of pyridine rings is 1. The van der Waals surface area contributed by atoms with Crippen molar-refractivity contribution in [2.45, 2.75) is 27.3 Å². The SMILES string of the molecule is Cc1ccc2nc(Cn3nc(C)c(C)c(C#N)c3=O)cc(=O)n2c1. The van der Waals surface area contributed by atoms with Gasteiger partial charge in [-0.2, -0.15) is 10.4 Å². The normalized spacial score (nSPS) is 10.8. The second-order valence-electron chi connectivity index (χ2n) is 5.68. The van der Waals surface area contributed by atoms with E-state index < -0.39 is 5.56 Å². The number of fused-ring (bicyclic) bond motifs is 1. The van der Waals surface area contributed by atoms with Crippen LogP contribution in [0.3, 0.4) is 0 Å². The Balaban J connectivity index is 2.13. The van der Waals surface area contributed by atoms with Crippen molar-refractivity contribution in [3.8, 4) is 6.07 Å². The number of rotatable bonds is 2. The molecule has 0 radical (unpaired) electrons. The van der Waals surface area contributed by atoms with Gasteiger partial charge in [0.1, 0.15) is 17.3 Å². The fourth-order valence-corrected chi connectivity index (χ4v) is 2.50. The van der Waals surface area contributed by atoms with Gasteiger partial charge >= 0.3 is 0 Å². The van der Waals surface area contributed by atoms with Crippen molar-refractivity contribution in [3.63, 3.8) is 0 Å². The number of aryl methyl sites for hydroxylation is 2. The minimum absolute atomic E-state index is 0.0360. The van der Waals surface area contributed by atoms with Gasteiger partial charge in [0.2, 0.25) is 0 Å². The third-order valence-electron chi connectivity index (χ3n) is 3.92. The van der Waals surface area contributed by atoms with E-state index in [-0.39, 0.29) is 17.7 Å². The molecular weight excluding hydrogens is 306 g/mol. The van der Waals surface area contributed by atoms with E-state index in [9.17, 15) is 9.59 Å². The fourth-order valence-electron chi connectivity index (χ4n) is 2.50. The zero-order valence-corrected chi connectivity index (χ0v) is 13.6. The molecule has 0 fully saturated rings. The van der Waals surface area contributed by atoms with Gasteiger partial charge < -0.3 is 0 Å². The third-order valence-corrected chi connectivity index (χ3v) is 3.92. The van der Waals surface area contributed by atoms with Gasteiger partial charge in [-0.25, -0.2) is 9.67 Å². The maximum Gasteiger partial charge on any atom is 0.285 e. The lowest BCUT2D eigenvalue weighted by atomic mass is 10.1. The van der Waals surface area contributed by atoms with Crippen LogP contribution in [0, 0.1) is 32.1 Å². The molecular formula is C17H15N5O2. The quantitative estimate of drug-likeness (QED) is 0.704. The first-order valence-corrected chi connectivity index (χ1v) is 7.38. The molecule has 24 heavy (non-hydrogen) atoms. The molecule has 3 rings (SSSR count). The minimum Gasteiger partial charge on any atom is -0.269 e. The van der Waals surface area contributed by atoms with E-state index in [0.29, 0.717) is 22.6 Å². The van der Waals surface area contributed by atoms with Crippen LogP contribution in [0.2, 0.25) is 0 Å². The first-order chi connectivity index (χ1) is 11.4. The summed E-state index contributed by atoms with van der Waals surface area (Å²) in [4.78, 5) is 29.0. The molecule has 0 bridgehead atoms. The molecule has 3 aromatic heterocycles. The van der Waals surface area contributed by atoms with Gasteiger partial charge in [0.05, 0.1) is 17.9 Å². The molecule has 0 spiro atoms. The topological polar surface area (TPSA) is 93.0 Å². The summed E-state index contributed by atoms with van der Waals surface area (Å²) < 4.78 is 2.63. The van der Waals surface area contributed by atoms with Crippen LogP contribution < -0.4 is 11.1 Å². The summed E-state index contributed by atoms with van der Waals surface area (Å²) in [5, 5.41) is 13.4. The van der Waals surface area contributed by atoms with Crippen molar-refractivity contribution in [1.29, 1.82) is 5.26 Å². The average Bonchev–Trinajstić information content (AvgIpc) is 2.54. The largest absolute Gasteiger partial charge is 0.285 e. The lowest BCUT2D eigenvalue weighted by molar-refractivity contribution is 0.612. The van der Waals surface area contributed by atoms with E-state index in [1.165, 1.54) is 15.1 Å². The summed E-state index contributed by atoms with van der Waals surface area (Å²) in [5.41, 5.74) is 2.40. The molecule has 0 aliphatic carbocycles. The molecule has 0 N–H and O–H groups in total. The van der Waals surface area contributed by atoms with E-state index >= 15 is 0 Å². The first kappa shape index (κ1) is 15.6. The number of hydrogen-bond acceptors (Lipinski definition) is 5. The summed E-state index contributed by atoms with van der Waals surface area (Å²) in [5.74, 6) is 0. The fraction of sp³-hybridized carbons (Fsp3) is 0.235. The lowest BCUT2D eigenvalue weighted by Crippen LogP contribution is -2.29. The van der Waals surface area contributed by atoms with E-state index in [1.54, 1.807) is 26.1 Å². The van der Waals surface area contributed by atoms with Crippen LogP contribution in [0.15, 0.2) is 34.0 Å². The van der Waals surface area contributed by atoms with Gasteiger partial charge in [0.15, 0.2) is 0 Å². The Labute approximate surface area is 137 Å². The number of hydrogen-bond donors (Lipinski definition) is 0. The highest BCUT2D eigenvalue weighted by Gasteiger charge is 2.13. The summed E-state index contributed by atoms with van der Waals surface area (Å²) in [6.45, 7) is 5.35. The van der Waals surface area contributed by atoms with Crippen molar-refractivity contribution < 1.29 is 0 Å². The first-order valence-electron chi connectivity index (χ1n) is 7.38. The van der Waals surface area contributed by atoms with Gasteiger partial charge in [-0.1, -0.05) is 6.07 Å². The predicted molar refractivity (Wildman–Crippen MR) is 88.0 cm³/mol. The molecule has 0 saturated carbocycles. The van der Waals surface area contributed by atoms with Crippen molar-refractivity contribution >= 4 is 5.65 Å². The van der Waals surface area contributed by atoms with Crippen LogP contribution in [-0.2, 0) is 6.54 Å². The van der Waals surface area contributed by atoms with Crippen LogP contribution in [0.4, 0.5) is 0 Å². The zero-order chi connectivity index (χ0) is 17.4. The molecule has 120 valence electrons. The summed E-state index contributed by atoms with van der Waals surface area (Å²) >= 11 is 0. The van der Waals surface area contributed by atoms with Crippen molar-refractivity contribution in [2.75, 3.05) is 0 Å². The minimum atomic E-state index is -0.480. The van der Waals surface area contributed by atoms with Gasteiger partial charge in [-0.3, -0.25) is 14.0 Å². The second-order valence-corrected chi connectivity index (χ2v) is 5.68. The molecule has 0 saturated heterocycles. The van der Waals surface area contributed by atoms with Crippen LogP contribution in [0.1, 0.15) is 28.1 Å². The number of aromatic nitrogens is 4. The van der Waals surface area contributed by atoms with Crippen LogP contribution in [0.5, 0.6) is 0 Å². The lowest BCUT2D eigenvalue weighted by Gasteiger charge is -2.09. The van der Waals surface area contributed by atoms with Gasteiger partial charge in [0.25, 0.3) is 11.1 Å². The Kier molecular flexibility index (Phi) is 3.73. The molecule has 0 unspecified atom stereocenters.